The number of benzene rings is 4. The summed E-state index contributed by atoms with van der Waals surface area (Å²) in [5.74, 6) is -0.686. The number of Topliss-reactive ketones (excluding diaryl/α,β-unsaturated/α-hetero) is 2. The molecular formula is C36H30N2O6. The van der Waals surface area contributed by atoms with Crippen LogP contribution in [0.5, 0.6) is 17.2 Å². The third kappa shape index (κ3) is 3.80. The quantitative estimate of drug-likeness (QED) is 0.278. The van der Waals surface area contributed by atoms with Gasteiger partial charge in [0, 0.05) is 17.5 Å². The molecule has 0 aromatic heterocycles. The van der Waals surface area contributed by atoms with Crippen molar-refractivity contribution in [3.63, 3.8) is 0 Å². The Kier molecular flexibility index (Phi) is 6.50. The third-order valence-electron chi connectivity index (χ3n) is 9.17. The molecule has 0 radical (unpaired) electrons. The number of nitrogens with zero attached hydrogens (tertiary/aromatic N) is 1. The first kappa shape index (κ1) is 27.5. The normalized spacial score (nSPS) is 22.6. The summed E-state index contributed by atoms with van der Waals surface area (Å²) < 4.78 is 16.4. The van der Waals surface area contributed by atoms with Crippen molar-refractivity contribution in [1.29, 1.82) is 0 Å². The number of amides is 1. The lowest BCUT2D eigenvalue weighted by atomic mass is 9.62. The van der Waals surface area contributed by atoms with Crippen LogP contribution in [-0.2, 0) is 10.2 Å². The van der Waals surface area contributed by atoms with Crippen molar-refractivity contribution in [3.8, 4) is 17.2 Å². The molecule has 7 rings (SSSR count). The zero-order valence-electron chi connectivity index (χ0n) is 24.4. The predicted molar refractivity (Wildman–Crippen MR) is 165 cm³/mol. The Morgan fingerprint density at radius 2 is 1.50 bits per heavy atom. The number of carbonyl (C=O) groups excluding carboxylic acids is 3. The van der Waals surface area contributed by atoms with Gasteiger partial charge >= 0.3 is 0 Å². The first-order chi connectivity index (χ1) is 21.4. The van der Waals surface area contributed by atoms with Crippen LogP contribution in [-0.4, -0.2) is 49.7 Å². The molecule has 4 atom stereocenters. The van der Waals surface area contributed by atoms with Crippen LogP contribution in [0.1, 0.15) is 43.4 Å². The van der Waals surface area contributed by atoms with E-state index in [1.807, 2.05) is 65.7 Å². The predicted octanol–water partition coefficient (Wildman–Crippen LogP) is 5.69. The van der Waals surface area contributed by atoms with Crippen molar-refractivity contribution in [2.75, 3.05) is 26.6 Å². The van der Waals surface area contributed by atoms with E-state index >= 15 is 0 Å². The molecule has 1 saturated heterocycles. The van der Waals surface area contributed by atoms with Crippen LogP contribution in [0.4, 0.5) is 5.69 Å². The Hall–Kier alpha value is -5.37. The van der Waals surface area contributed by atoms with E-state index in [1.54, 1.807) is 49.6 Å². The number of hydrogen-bond donors (Lipinski definition) is 1. The second-order valence-corrected chi connectivity index (χ2v) is 11.1. The molecule has 8 heteroatoms. The van der Waals surface area contributed by atoms with E-state index in [4.69, 9.17) is 14.2 Å². The van der Waals surface area contributed by atoms with Crippen molar-refractivity contribution in [2.24, 2.45) is 5.92 Å². The summed E-state index contributed by atoms with van der Waals surface area (Å²) in [6.07, 6.45) is 3.78. The highest BCUT2D eigenvalue weighted by Gasteiger charge is 2.70. The second kappa shape index (κ2) is 10.4. The zero-order valence-corrected chi connectivity index (χ0v) is 24.4. The molecule has 220 valence electrons. The van der Waals surface area contributed by atoms with Crippen molar-refractivity contribution >= 4 is 29.2 Å². The Labute approximate surface area is 254 Å². The van der Waals surface area contributed by atoms with Gasteiger partial charge in [0.15, 0.2) is 11.6 Å². The molecule has 1 amide bonds. The summed E-state index contributed by atoms with van der Waals surface area (Å²) >= 11 is 0. The zero-order chi connectivity index (χ0) is 30.6. The summed E-state index contributed by atoms with van der Waals surface area (Å²) in [4.78, 5) is 46.4. The highest BCUT2D eigenvalue weighted by atomic mass is 16.5. The maximum atomic E-state index is 15.0. The number of carbonyl (C=O) groups is 3. The standard InChI is InChI=1S/C36H30N2O6/c1-42-23-14-12-22(13-15-23)32(39)30-31(33(40)26-20-24(43-2)16-17-29(26)44-3)38-19-18-21-8-4-5-9-25(21)34(38)36(30)27-10-6-7-11-28(27)37-35(36)41/h4-20,30-31,34H,1-3H3,(H,37,41)/t30-,31-,34+,36+/m0/s1. The van der Waals surface area contributed by atoms with Crippen LogP contribution in [0, 0.1) is 5.92 Å². The fourth-order valence-electron chi connectivity index (χ4n) is 7.27. The van der Waals surface area contributed by atoms with Gasteiger partial charge in [-0.2, -0.15) is 0 Å². The lowest BCUT2D eigenvalue weighted by Crippen LogP contribution is -2.49. The average Bonchev–Trinajstić information content (AvgIpc) is 3.55. The molecule has 3 heterocycles. The molecule has 44 heavy (non-hydrogen) atoms. The first-order valence-corrected chi connectivity index (χ1v) is 14.3. The fourth-order valence-corrected chi connectivity index (χ4v) is 7.27. The molecule has 0 unspecified atom stereocenters. The second-order valence-electron chi connectivity index (χ2n) is 11.1. The summed E-state index contributed by atoms with van der Waals surface area (Å²) in [6, 6.07) is 25.4. The van der Waals surface area contributed by atoms with Crippen molar-refractivity contribution < 1.29 is 28.6 Å². The molecule has 1 spiro atoms. The highest BCUT2D eigenvalue weighted by Crippen LogP contribution is 2.62. The van der Waals surface area contributed by atoms with Gasteiger partial charge in [-0.25, -0.2) is 0 Å². The molecule has 3 aliphatic heterocycles. The molecule has 0 aliphatic carbocycles. The molecule has 8 nitrogen and oxygen atoms in total. The van der Waals surface area contributed by atoms with E-state index < -0.39 is 23.4 Å². The molecule has 0 saturated carbocycles. The van der Waals surface area contributed by atoms with Crippen molar-refractivity contribution in [2.45, 2.75) is 17.5 Å². The van der Waals surface area contributed by atoms with Gasteiger partial charge in [-0.1, -0.05) is 42.5 Å². The van der Waals surface area contributed by atoms with Crippen LogP contribution < -0.4 is 19.5 Å². The van der Waals surface area contributed by atoms with E-state index in [1.165, 1.54) is 14.2 Å². The van der Waals surface area contributed by atoms with Crippen LogP contribution in [0.2, 0.25) is 0 Å². The van der Waals surface area contributed by atoms with Crippen LogP contribution >= 0.6 is 0 Å². The minimum Gasteiger partial charge on any atom is -0.497 e. The summed E-state index contributed by atoms with van der Waals surface area (Å²) in [5.41, 5.74) is 2.31. The lowest BCUT2D eigenvalue weighted by Gasteiger charge is -2.38. The van der Waals surface area contributed by atoms with Crippen LogP contribution in [0.3, 0.4) is 0 Å². The summed E-state index contributed by atoms with van der Waals surface area (Å²) in [7, 11) is 4.58. The number of hydrogen-bond acceptors (Lipinski definition) is 7. The van der Waals surface area contributed by atoms with Gasteiger partial charge in [0.05, 0.1) is 38.9 Å². The lowest BCUT2D eigenvalue weighted by molar-refractivity contribution is -0.122. The van der Waals surface area contributed by atoms with Crippen LogP contribution in [0.25, 0.3) is 6.08 Å². The van der Waals surface area contributed by atoms with E-state index in [0.717, 1.165) is 11.1 Å². The number of ether oxygens (including phenoxy) is 3. The Morgan fingerprint density at radius 3 is 2.25 bits per heavy atom. The first-order valence-electron chi connectivity index (χ1n) is 14.3. The highest BCUT2D eigenvalue weighted by molar-refractivity contribution is 6.17. The van der Waals surface area contributed by atoms with Gasteiger partial charge in [0.25, 0.3) is 0 Å². The minimum atomic E-state index is -1.43. The number of methoxy groups -OCH3 is 3. The molecular weight excluding hydrogens is 556 g/mol. The van der Waals surface area contributed by atoms with E-state index in [9.17, 15) is 14.4 Å². The van der Waals surface area contributed by atoms with E-state index in [2.05, 4.69) is 5.32 Å². The SMILES string of the molecule is COc1ccc(C(=O)[C@@H]2[C@@H](C(=O)c3cc(OC)ccc3OC)N3C=Cc4ccccc4[C@@H]3[C@]23C(=O)Nc2ccccc23)cc1. The Bertz CT molecular complexity index is 1850. The van der Waals surface area contributed by atoms with E-state index in [0.29, 0.717) is 34.1 Å². The van der Waals surface area contributed by atoms with Gasteiger partial charge in [0.2, 0.25) is 5.91 Å². The molecule has 1 fully saturated rings. The van der Waals surface area contributed by atoms with Gasteiger partial charge in [0.1, 0.15) is 28.7 Å². The number of anilines is 1. The Balaban J connectivity index is 1.53. The molecule has 1 N–H and O–H groups in total. The summed E-state index contributed by atoms with van der Waals surface area (Å²) in [6.45, 7) is 0. The number of ketones is 2. The molecule has 4 aromatic carbocycles. The maximum absolute atomic E-state index is 15.0. The van der Waals surface area contributed by atoms with E-state index in [-0.39, 0.29) is 23.0 Å². The smallest absolute Gasteiger partial charge is 0.238 e. The van der Waals surface area contributed by atoms with Gasteiger partial charge in [-0.3, -0.25) is 14.4 Å². The molecule has 4 aromatic rings. The number of para-hydroxylation sites is 1. The number of nitrogens with one attached hydrogen (secondary N) is 1. The third-order valence-corrected chi connectivity index (χ3v) is 9.17. The maximum Gasteiger partial charge on any atom is 0.238 e. The number of fused-ring (bicyclic) bond motifs is 6. The van der Waals surface area contributed by atoms with Crippen molar-refractivity contribution in [3.05, 3.63) is 125 Å². The van der Waals surface area contributed by atoms with Gasteiger partial charge in [-0.05, 0) is 71.3 Å². The monoisotopic (exact) mass is 586 g/mol. The minimum absolute atomic E-state index is 0.263. The summed E-state index contributed by atoms with van der Waals surface area (Å²) in [5, 5.41) is 3.07. The number of rotatable bonds is 7. The Morgan fingerprint density at radius 1 is 0.795 bits per heavy atom. The fraction of sp³-hybridized carbons (Fsp3) is 0.194. The van der Waals surface area contributed by atoms with Gasteiger partial charge in [-0.15, -0.1) is 0 Å². The topological polar surface area (TPSA) is 94.2 Å². The molecule has 3 aliphatic rings. The van der Waals surface area contributed by atoms with Crippen molar-refractivity contribution in [1.82, 2.24) is 4.90 Å². The molecule has 0 bridgehead atoms. The van der Waals surface area contributed by atoms with Crippen LogP contribution in [0.15, 0.2) is 97.2 Å². The van der Waals surface area contributed by atoms with Gasteiger partial charge < -0.3 is 24.4 Å². The average molecular weight is 587 g/mol. The largest absolute Gasteiger partial charge is 0.497 e.